The zero-order valence-corrected chi connectivity index (χ0v) is 19.4. The Morgan fingerprint density at radius 3 is 2.44 bits per heavy atom. The Morgan fingerprint density at radius 2 is 1.81 bits per heavy atom. The summed E-state index contributed by atoms with van der Waals surface area (Å²) in [6.45, 7) is 4.42. The lowest BCUT2D eigenvalue weighted by Crippen LogP contribution is -2.38. The molecule has 0 aliphatic carbocycles. The largest absolute Gasteiger partial charge is 0.376 e. The van der Waals surface area contributed by atoms with E-state index in [0.29, 0.717) is 30.1 Å². The van der Waals surface area contributed by atoms with E-state index < -0.39 is 22.5 Å². The topological polar surface area (TPSA) is 105 Å². The van der Waals surface area contributed by atoms with Crippen LogP contribution in [0.3, 0.4) is 0 Å². The summed E-state index contributed by atoms with van der Waals surface area (Å²) in [4.78, 5) is 25.4. The molecule has 9 heteroatoms. The standard InChI is InChI=1S/C23H29N3O5S/c1-16-11-17(2)13-18(12-16)26(32(3,29)30)15-22(27)25-21-9-5-4-8-20(21)23(28)24-14-19-7-6-10-31-19/h4-5,8-9,11-13,19H,6-7,10,14-15H2,1-3H3,(H,24,28)(H,25,27)/t19-/m0/s1. The average Bonchev–Trinajstić information content (AvgIpc) is 3.23. The molecule has 32 heavy (non-hydrogen) atoms. The van der Waals surface area contributed by atoms with Gasteiger partial charge in [-0.1, -0.05) is 18.2 Å². The third kappa shape index (κ3) is 6.30. The number of hydrogen-bond acceptors (Lipinski definition) is 5. The van der Waals surface area contributed by atoms with E-state index in [2.05, 4.69) is 10.6 Å². The van der Waals surface area contributed by atoms with Crippen LogP contribution in [0.15, 0.2) is 42.5 Å². The maximum atomic E-state index is 12.8. The van der Waals surface area contributed by atoms with Crippen molar-refractivity contribution < 1.29 is 22.7 Å². The van der Waals surface area contributed by atoms with Crippen LogP contribution >= 0.6 is 0 Å². The number of amides is 2. The lowest BCUT2D eigenvalue weighted by molar-refractivity contribution is -0.114. The number of para-hydroxylation sites is 1. The van der Waals surface area contributed by atoms with Crippen LogP contribution < -0.4 is 14.9 Å². The van der Waals surface area contributed by atoms with Gasteiger partial charge in [-0.3, -0.25) is 13.9 Å². The van der Waals surface area contributed by atoms with Gasteiger partial charge >= 0.3 is 0 Å². The first-order chi connectivity index (χ1) is 15.1. The van der Waals surface area contributed by atoms with Gasteiger partial charge in [-0.05, 0) is 62.1 Å². The highest BCUT2D eigenvalue weighted by atomic mass is 32.2. The molecule has 0 radical (unpaired) electrons. The molecule has 0 aromatic heterocycles. The maximum Gasteiger partial charge on any atom is 0.253 e. The third-order valence-corrected chi connectivity index (χ3v) is 6.28. The number of carbonyl (C=O) groups is 2. The zero-order chi connectivity index (χ0) is 23.3. The van der Waals surface area contributed by atoms with Crippen molar-refractivity contribution in [1.29, 1.82) is 0 Å². The molecule has 1 aliphatic rings. The van der Waals surface area contributed by atoms with E-state index in [1.165, 1.54) is 0 Å². The van der Waals surface area contributed by atoms with Crippen LogP contribution in [-0.4, -0.2) is 52.3 Å². The highest BCUT2D eigenvalue weighted by Crippen LogP contribution is 2.22. The number of anilines is 2. The number of carbonyl (C=O) groups excluding carboxylic acids is 2. The fourth-order valence-corrected chi connectivity index (χ4v) is 4.55. The Morgan fingerprint density at radius 1 is 1.12 bits per heavy atom. The van der Waals surface area contributed by atoms with Crippen LogP contribution in [0, 0.1) is 13.8 Å². The minimum absolute atomic E-state index is 0.00167. The number of sulfonamides is 1. The zero-order valence-electron chi connectivity index (χ0n) is 18.6. The van der Waals surface area contributed by atoms with Crippen molar-refractivity contribution in [1.82, 2.24) is 5.32 Å². The van der Waals surface area contributed by atoms with Crippen molar-refractivity contribution in [2.75, 3.05) is 35.6 Å². The van der Waals surface area contributed by atoms with Crippen molar-refractivity contribution in [2.24, 2.45) is 0 Å². The Balaban J connectivity index is 1.73. The first kappa shape index (κ1) is 23.7. The quantitative estimate of drug-likeness (QED) is 0.631. The van der Waals surface area contributed by atoms with Gasteiger partial charge in [0, 0.05) is 13.2 Å². The normalized spacial score (nSPS) is 15.9. The second-order valence-corrected chi connectivity index (χ2v) is 9.96. The molecule has 172 valence electrons. The average molecular weight is 460 g/mol. The first-order valence-corrected chi connectivity index (χ1v) is 12.3. The molecule has 1 atom stereocenters. The van der Waals surface area contributed by atoms with Crippen LogP contribution in [0.5, 0.6) is 0 Å². The molecule has 0 saturated carbocycles. The van der Waals surface area contributed by atoms with Gasteiger partial charge in [-0.15, -0.1) is 0 Å². The molecule has 2 aromatic carbocycles. The van der Waals surface area contributed by atoms with Crippen molar-refractivity contribution in [2.45, 2.75) is 32.8 Å². The summed E-state index contributed by atoms with van der Waals surface area (Å²) in [7, 11) is -3.70. The van der Waals surface area contributed by atoms with Gasteiger partial charge in [0.25, 0.3) is 5.91 Å². The third-order valence-electron chi connectivity index (χ3n) is 5.14. The van der Waals surface area contributed by atoms with Gasteiger partial charge in [0.2, 0.25) is 15.9 Å². The van der Waals surface area contributed by atoms with Gasteiger partial charge in [0.1, 0.15) is 6.54 Å². The number of aryl methyl sites for hydroxylation is 2. The molecular formula is C23H29N3O5S. The molecule has 0 spiro atoms. The molecule has 1 saturated heterocycles. The highest BCUT2D eigenvalue weighted by Gasteiger charge is 2.23. The second-order valence-electron chi connectivity index (χ2n) is 8.05. The number of rotatable bonds is 8. The van der Waals surface area contributed by atoms with Gasteiger partial charge in [0.05, 0.1) is 29.3 Å². The molecule has 0 unspecified atom stereocenters. The molecule has 8 nitrogen and oxygen atoms in total. The van der Waals surface area contributed by atoms with Gasteiger partial charge in [0.15, 0.2) is 0 Å². The molecule has 1 fully saturated rings. The Labute approximate surface area is 189 Å². The molecule has 1 aliphatic heterocycles. The van der Waals surface area contributed by atoms with Crippen LogP contribution in [0.2, 0.25) is 0 Å². The van der Waals surface area contributed by atoms with Crippen LogP contribution in [0.1, 0.15) is 34.3 Å². The fraction of sp³-hybridized carbons (Fsp3) is 0.391. The summed E-state index contributed by atoms with van der Waals surface area (Å²) in [5, 5.41) is 5.52. The van der Waals surface area contributed by atoms with Crippen LogP contribution in [-0.2, 0) is 19.6 Å². The minimum atomic E-state index is -3.70. The predicted molar refractivity (Wildman–Crippen MR) is 124 cm³/mol. The molecule has 2 amide bonds. The number of hydrogen-bond donors (Lipinski definition) is 2. The molecule has 2 N–H and O–H groups in total. The lowest BCUT2D eigenvalue weighted by Gasteiger charge is -2.23. The predicted octanol–water partition coefficient (Wildman–Crippen LogP) is 2.62. The van der Waals surface area contributed by atoms with E-state index in [4.69, 9.17) is 4.74 Å². The summed E-state index contributed by atoms with van der Waals surface area (Å²) in [5.41, 5.74) is 2.82. The van der Waals surface area contributed by atoms with E-state index in [0.717, 1.165) is 34.5 Å². The van der Waals surface area contributed by atoms with E-state index in [9.17, 15) is 18.0 Å². The smallest absolute Gasteiger partial charge is 0.253 e. The summed E-state index contributed by atoms with van der Waals surface area (Å²) in [6.07, 6.45) is 2.94. The fourth-order valence-electron chi connectivity index (χ4n) is 3.71. The highest BCUT2D eigenvalue weighted by molar-refractivity contribution is 7.92. The van der Waals surface area contributed by atoms with Crippen molar-refractivity contribution in [3.63, 3.8) is 0 Å². The SMILES string of the molecule is Cc1cc(C)cc(N(CC(=O)Nc2ccccc2C(=O)NC[C@@H]2CCCO2)S(C)(=O)=O)c1. The number of benzene rings is 2. The minimum Gasteiger partial charge on any atom is -0.376 e. The summed E-state index contributed by atoms with van der Waals surface area (Å²) >= 11 is 0. The van der Waals surface area contributed by atoms with Crippen LogP contribution in [0.4, 0.5) is 11.4 Å². The first-order valence-electron chi connectivity index (χ1n) is 10.5. The Hall–Kier alpha value is -2.91. The summed E-state index contributed by atoms with van der Waals surface area (Å²) in [6, 6.07) is 12.0. The van der Waals surface area contributed by atoms with Gasteiger partial charge in [-0.25, -0.2) is 8.42 Å². The molecule has 3 rings (SSSR count). The lowest BCUT2D eigenvalue weighted by atomic mass is 10.1. The monoisotopic (exact) mass is 459 g/mol. The maximum absolute atomic E-state index is 12.8. The van der Waals surface area contributed by atoms with E-state index >= 15 is 0 Å². The molecule has 1 heterocycles. The number of ether oxygens (including phenoxy) is 1. The van der Waals surface area contributed by atoms with Gasteiger partial charge < -0.3 is 15.4 Å². The molecule has 0 bridgehead atoms. The summed E-state index contributed by atoms with van der Waals surface area (Å²) < 4.78 is 31.4. The van der Waals surface area contributed by atoms with Gasteiger partial charge in [-0.2, -0.15) is 0 Å². The molecule has 2 aromatic rings. The van der Waals surface area contributed by atoms with Crippen molar-refractivity contribution in [3.8, 4) is 0 Å². The van der Waals surface area contributed by atoms with E-state index in [1.54, 1.807) is 36.4 Å². The number of nitrogens with one attached hydrogen (secondary N) is 2. The summed E-state index contributed by atoms with van der Waals surface area (Å²) in [5.74, 6) is -0.875. The number of nitrogens with zero attached hydrogens (tertiary/aromatic N) is 1. The Kier molecular flexibility index (Phi) is 7.52. The van der Waals surface area contributed by atoms with Crippen LogP contribution in [0.25, 0.3) is 0 Å². The molecular weight excluding hydrogens is 430 g/mol. The van der Waals surface area contributed by atoms with Crippen molar-refractivity contribution in [3.05, 3.63) is 59.2 Å². The van der Waals surface area contributed by atoms with E-state index in [-0.39, 0.29) is 12.0 Å². The van der Waals surface area contributed by atoms with E-state index in [1.807, 2.05) is 19.9 Å². The Bertz CT molecular complexity index is 1070. The van der Waals surface area contributed by atoms with Crippen molar-refractivity contribution >= 4 is 33.2 Å². The second kappa shape index (κ2) is 10.1.